The summed E-state index contributed by atoms with van der Waals surface area (Å²) in [5.74, 6) is 0. The van der Waals surface area contributed by atoms with Crippen molar-refractivity contribution in [3.63, 3.8) is 0 Å². The fourth-order valence-corrected chi connectivity index (χ4v) is 2.70. The van der Waals surface area contributed by atoms with Crippen LogP contribution < -0.4 is 5.32 Å². The molecule has 21 heavy (non-hydrogen) atoms. The zero-order chi connectivity index (χ0) is 15.1. The SMILES string of the molecule is C[C@@H](NCC(O)COCc1cccs1)c1ccc(Cl)cc1. The van der Waals surface area contributed by atoms with Crippen LogP contribution in [0.25, 0.3) is 0 Å². The van der Waals surface area contributed by atoms with Gasteiger partial charge in [-0.25, -0.2) is 0 Å². The monoisotopic (exact) mass is 325 g/mol. The quantitative estimate of drug-likeness (QED) is 0.778. The molecule has 0 aliphatic heterocycles. The number of halogens is 1. The van der Waals surface area contributed by atoms with Gasteiger partial charge in [-0.1, -0.05) is 29.8 Å². The zero-order valence-corrected chi connectivity index (χ0v) is 13.5. The average Bonchev–Trinajstić information content (AvgIpc) is 2.99. The standard InChI is InChI=1S/C16H20ClNO2S/c1-12(13-4-6-14(17)7-5-13)18-9-15(19)10-20-11-16-3-2-8-21-16/h2-8,12,15,18-19H,9-11H2,1H3/t12-,15?/m1/s1. The number of aliphatic hydroxyl groups excluding tert-OH is 1. The van der Waals surface area contributed by atoms with E-state index >= 15 is 0 Å². The minimum absolute atomic E-state index is 0.161. The average molecular weight is 326 g/mol. The highest BCUT2D eigenvalue weighted by atomic mass is 35.5. The molecule has 0 saturated heterocycles. The highest BCUT2D eigenvalue weighted by Gasteiger charge is 2.09. The number of aliphatic hydroxyl groups is 1. The molecule has 2 N–H and O–H groups in total. The maximum atomic E-state index is 9.91. The van der Waals surface area contributed by atoms with Crippen LogP contribution in [0.2, 0.25) is 5.02 Å². The summed E-state index contributed by atoms with van der Waals surface area (Å²) < 4.78 is 5.50. The van der Waals surface area contributed by atoms with Crippen LogP contribution >= 0.6 is 22.9 Å². The number of benzene rings is 1. The first-order chi connectivity index (χ1) is 10.1. The van der Waals surface area contributed by atoms with Crippen LogP contribution in [0.1, 0.15) is 23.4 Å². The van der Waals surface area contributed by atoms with Crippen molar-refractivity contribution < 1.29 is 9.84 Å². The molecule has 5 heteroatoms. The van der Waals surface area contributed by atoms with Gasteiger partial charge in [-0.15, -0.1) is 11.3 Å². The van der Waals surface area contributed by atoms with Crippen LogP contribution in [0.3, 0.4) is 0 Å². The van der Waals surface area contributed by atoms with Crippen LogP contribution in [0.4, 0.5) is 0 Å². The van der Waals surface area contributed by atoms with Gasteiger partial charge in [0, 0.05) is 22.5 Å². The second kappa shape index (κ2) is 8.51. The second-order valence-electron chi connectivity index (χ2n) is 4.93. The van der Waals surface area contributed by atoms with Crippen molar-refractivity contribution in [2.45, 2.75) is 25.7 Å². The summed E-state index contributed by atoms with van der Waals surface area (Å²) in [4.78, 5) is 1.17. The van der Waals surface area contributed by atoms with Crippen molar-refractivity contribution in [2.75, 3.05) is 13.2 Å². The summed E-state index contributed by atoms with van der Waals surface area (Å²) in [6, 6.07) is 11.9. The summed E-state index contributed by atoms with van der Waals surface area (Å²) >= 11 is 7.53. The maximum absolute atomic E-state index is 9.91. The zero-order valence-electron chi connectivity index (χ0n) is 12.0. The molecule has 0 fully saturated rings. The summed E-state index contributed by atoms with van der Waals surface area (Å²) in [6.45, 7) is 3.44. The molecule has 1 unspecified atom stereocenters. The van der Waals surface area contributed by atoms with Gasteiger partial charge < -0.3 is 15.2 Å². The molecule has 2 aromatic rings. The van der Waals surface area contributed by atoms with E-state index in [9.17, 15) is 5.11 Å². The minimum Gasteiger partial charge on any atom is -0.389 e. The van der Waals surface area contributed by atoms with E-state index in [4.69, 9.17) is 16.3 Å². The van der Waals surface area contributed by atoms with E-state index < -0.39 is 6.10 Å². The van der Waals surface area contributed by atoms with Crippen LogP contribution in [0.15, 0.2) is 41.8 Å². The van der Waals surface area contributed by atoms with Crippen molar-refractivity contribution in [3.05, 3.63) is 57.2 Å². The molecule has 3 nitrogen and oxygen atoms in total. The van der Waals surface area contributed by atoms with E-state index in [1.165, 1.54) is 4.88 Å². The lowest BCUT2D eigenvalue weighted by Crippen LogP contribution is -2.32. The van der Waals surface area contributed by atoms with Crippen molar-refractivity contribution in [1.82, 2.24) is 5.32 Å². The highest BCUT2D eigenvalue weighted by Crippen LogP contribution is 2.16. The smallest absolute Gasteiger partial charge is 0.0898 e. The van der Waals surface area contributed by atoms with Gasteiger partial charge in [0.25, 0.3) is 0 Å². The molecular formula is C16H20ClNO2S. The number of hydrogen-bond donors (Lipinski definition) is 2. The third-order valence-corrected chi connectivity index (χ3v) is 4.27. The summed E-state index contributed by atoms with van der Waals surface area (Å²) in [5.41, 5.74) is 1.14. The second-order valence-corrected chi connectivity index (χ2v) is 6.40. The molecule has 0 aliphatic carbocycles. The van der Waals surface area contributed by atoms with Gasteiger partial charge in [-0.3, -0.25) is 0 Å². The molecule has 0 amide bonds. The molecule has 114 valence electrons. The van der Waals surface area contributed by atoms with E-state index in [1.54, 1.807) is 11.3 Å². The van der Waals surface area contributed by atoms with Crippen LogP contribution in [-0.4, -0.2) is 24.4 Å². The molecule has 0 saturated carbocycles. The van der Waals surface area contributed by atoms with Crippen LogP contribution in [0, 0.1) is 0 Å². The Balaban J connectivity index is 1.66. The molecule has 0 spiro atoms. The van der Waals surface area contributed by atoms with E-state index in [1.807, 2.05) is 41.8 Å². The van der Waals surface area contributed by atoms with Gasteiger partial charge in [-0.2, -0.15) is 0 Å². The van der Waals surface area contributed by atoms with Crippen molar-refractivity contribution in [2.24, 2.45) is 0 Å². The van der Waals surface area contributed by atoms with Gasteiger partial charge in [-0.05, 0) is 36.1 Å². The van der Waals surface area contributed by atoms with Gasteiger partial charge in [0.15, 0.2) is 0 Å². The van der Waals surface area contributed by atoms with E-state index in [2.05, 4.69) is 12.2 Å². The molecule has 0 aliphatic rings. The summed E-state index contributed by atoms with van der Waals surface area (Å²) in [6.07, 6.45) is -0.514. The fraction of sp³-hybridized carbons (Fsp3) is 0.375. The Morgan fingerprint density at radius 1 is 1.29 bits per heavy atom. The highest BCUT2D eigenvalue weighted by molar-refractivity contribution is 7.09. The number of nitrogens with one attached hydrogen (secondary N) is 1. The van der Waals surface area contributed by atoms with Gasteiger partial charge in [0.2, 0.25) is 0 Å². The third-order valence-electron chi connectivity index (χ3n) is 3.16. The van der Waals surface area contributed by atoms with Crippen LogP contribution in [0.5, 0.6) is 0 Å². The molecule has 1 aromatic heterocycles. The van der Waals surface area contributed by atoms with Gasteiger partial charge >= 0.3 is 0 Å². The van der Waals surface area contributed by atoms with E-state index in [-0.39, 0.29) is 6.04 Å². The van der Waals surface area contributed by atoms with E-state index in [0.717, 1.165) is 10.6 Å². The lowest BCUT2D eigenvalue weighted by atomic mass is 10.1. The summed E-state index contributed by atoms with van der Waals surface area (Å²) in [7, 11) is 0. The number of hydrogen-bond acceptors (Lipinski definition) is 4. The summed E-state index contributed by atoms with van der Waals surface area (Å²) in [5, 5.41) is 16.0. The third kappa shape index (κ3) is 5.77. The van der Waals surface area contributed by atoms with Crippen LogP contribution in [-0.2, 0) is 11.3 Å². The predicted molar refractivity (Wildman–Crippen MR) is 87.9 cm³/mol. The Morgan fingerprint density at radius 3 is 2.71 bits per heavy atom. The topological polar surface area (TPSA) is 41.5 Å². The molecule has 2 atom stereocenters. The molecule has 1 heterocycles. The van der Waals surface area contributed by atoms with Crippen molar-refractivity contribution in [3.8, 4) is 0 Å². The number of ether oxygens (including phenoxy) is 1. The Labute approximate surface area is 134 Å². The normalized spacial score (nSPS) is 14.0. The van der Waals surface area contributed by atoms with Gasteiger partial charge in [0.1, 0.15) is 0 Å². The largest absolute Gasteiger partial charge is 0.389 e. The molecule has 0 radical (unpaired) electrons. The first-order valence-electron chi connectivity index (χ1n) is 6.92. The first-order valence-corrected chi connectivity index (χ1v) is 8.18. The Kier molecular flexibility index (Phi) is 6.67. The molecular weight excluding hydrogens is 306 g/mol. The van der Waals surface area contributed by atoms with Gasteiger partial charge in [0.05, 0.1) is 19.3 Å². The van der Waals surface area contributed by atoms with Crippen molar-refractivity contribution in [1.29, 1.82) is 0 Å². The predicted octanol–water partition coefficient (Wildman–Crippen LogP) is 3.63. The van der Waals surface area contributed by atoms with E-state index in [0.29, 0.717) is 19.8 Å². The molecule has 2 rings (SSSR count). The Bertz CT molecular complexity index is 516. The molecule has 0 bridgehead atoms. The Hall–Kier alpha value is -0.910. The Morgan fingerprint density at radius 2 is 2.05 bits per heavy atom. The lowest BCUT2D eigenvalue weighted by molar-refractivity contribution is 0.0288. The molecule has 1 aromatic carbocycles. The number of rotatable bonds is 8. The fourth-order valence-electron chi connectivity index (χ4n) is 1.93. The minimum atomic E-state index is -0.514. The maximum Gasteiger partial charge on any atom is 0.0898 e. The van der Waals surface area contributed by atoms with Crippen molar-refractivity contribution >= 4 is 22.9 Å². The number of thiophene rings is 1. The lowest BCUT2D eigenvalue weighted by Gasteiger charge is -2.17. The first kappa shape index (κ1) is 16.5.